The van der Waals surface area contributed by atoms with Crippen LogP contribution < -0.4 is 16.2 Å². The smallest absolute Gasteiger partial charge is 0.291 e. The summed E-state index contributed by atoms with van der Waals surface area (Å²) < 4.78 is 1.05. The first-order valence-corrected chi connectivity index (χ1v) is 9.65. The summed E-state index contributed by atoms with van der Waals surface area (Å²) in [6.45, 7) is 4.30. The van der Waals surface area contributed by atoms with E-state index in [1.54, 1.807) is 31.2 Å². The van der Waals surface area contributed by atoms with Crippen molar-refractivity contribution in [1.29, 1.82) is 0 Å². The number of benzene rings is 2. The normalized spacial score (nSPS) is 11.5. The molecule has 2 aromatic carbocycles. The van der Waals surface area contributed by atoms with Gasteiger partial charge in [-0.3, -0.25) is 19.2 Å². The van der Waals surface area contributed by atoms with Gasteiger partial charge < -0.3 is 10.6 Å². The summed E-state index contributed by atoms with van der Waals surface area (Å²) in [6.07, 6.45) is 0. The molecule has 31 heavy (non-hydrogen) atoms. The van der Waals surface area contributed by atoms with Crippen molar-refractivity contribution in [2.75, 3.05) is 10.6 Å². The minimum atomic E-state index is -0.962. The maximum absolute atomic E-state index is 12.9. The van der Waals surface area contributed by atoms with E-state index in [0.717, 1.165) is 10.2 Å². The van der Waals surface area contributed by atoms with E-state index in [9.17, 15) is 19.2 Å². The van der Waals surface area contributed by atoms with Crippen LogP contribution in [0.15, 0.2) is 65.5 Å². The van der Waals surface area contributed by atoms with E-state index < -0.39 is 23.4 Å². The van der Waals surface area contributed by atoms with E-state index >= 15 is 0 Å². The van der Waals surface area contributed by atoms with Crippen molar-refractivity contribution in [1.82, 2.24) is 9.78 Å². The SMILES string of the molecule is CC(=O)Nc1cc(-c2ccccc2)nn([C@@H](C)C(=O)Nc2ccc(C(C)=O)cc2)c1=O. The molecule has 0 aliphatic heterocycles. The van der Waals surface area contributed by atoms with Crippen LogP contribution in [0.1, 0.15) is 37.2 Å². The van der Waals surface area contributed by atoms with Crippen LogP contribution in [-0.2, 0) is 9.59 Å². The lowest BCUT2D eigenvalue weighted by Gasteiger charge is -2.17. The van der Waals surface area contributed by atoms with E-state index in [1.807, 2.05) is 30.3 Å². The maximum atomic E-state index is 12.9. The molecule has 0 bridgehead atoms. The number of anilines is 2. The first-order valence-electron chi connectivity index (χ1n) is 9.65. The van der Waals surface area contributed by atoms with Gasteiger partial charge in [-0.2, -0.15) is 5.10 Å². The van der Waals surface area contributed by atoms with Crippen molar-refractivity contribution in [2.45, 2.75) is 26.8 Å². The molecule has 0 saturated heterocycles. The van der Waals surface area contributed by atoms with E-state index in [2.05, 4.69) is 15.7 Å². The van der Waals surface area contributed by atoms with Gasteiger partial charge in [-0.25, -0.2) is 4.68 Å². The molecule has 158 valence electrons. The van der Waals surface area contributed by atoms with Gasteiger partial charge in [0.05, 0.1) is 5.69 Å². The van der Waals surface area contributed by atoms with Crippen molar-refractivity contribution < 1.29 is 14.4 Å². The van der Waals surface area contributed by atoms with Crippen LogP contribution in [0.3, 0.4) is 0 Å². The number of carbonyl (C=O) groups excluding carboxylic acids is 3. The molecule has 0 fully saturated rings. The van der Waals surface area contributed by atoms with Crippen LogP contribution in [0.4, 0.5) is 11.4 Å². The van der Waals surface area contributed by atoms with Crippen LogP contribution in [0.25, 0.3) is 11.3 Å². The van der Waals surface area contributed by atoms with Crippen LogP contribution in [0.2, 0.25) is 0 Å². The largest absolute Gasteiger partial charge is 0.324 e. The fourth-order valence-electron chi connectivity index (χ4n) is 2.95. The minimum Gasteiger partial charge on any atom is -0.324 e. The monoisotopic (exact) mass is 418 g/mol. The van der Waals surface area contributed by atoms with Gasteiger partial charge >= 0.3 is 0 Å². The number of nitrogens with one attached hydrogen (secondary N) is 2. The van der Waals surface area contributed by atoms with Crippen molar-refractivity contribution in [3.8, 4) is 11.3 Å². The average Bonchev–Trinajstić information content (AvgIpc) is 2.75. The molecule has 8 heteroatoms. The second-order valence-electron chi connectivity index (χ2n) is 7.04. The lowest BCUT2D eigenvalue weighted by molar-refractivity contribution is -0.119. The molecule has 0 spiro atoms. The van der Waals surface area contributed by atoms with Gasteiger partial charge in [0.25, 0.3) is 5.56 Å². The molecule has 0 aliphatic carbocycles. The van der Waals surface area contributed by atoms with E-state index in [0.29, 0.717) is 16.9 Å². The van der Waals surface area contributed by atoms with Crippen LogP contribution >= 0.6 is 0 Å². The zero-order valence-electron chi connectivity index (χ0n) is 17.4. The highest BCUT2D eigenvalue weighted by atomic mass is 16.2. The van der Waals surface area contributed by atoms with Gasteiger partial charge in [-0.15, -0.1) is 0 Å². The minimum absolute atomic E-state index is 0.0341. The van der Waals surface area contributed by atoms with Gasteiger partial charge in [0, 0.05) is 23.7 Å². The molecular formula is C23H22N4O4. The number of hydrogen-bond donors (Lipinski definition) is 2. The predicted octanol–water partition coefficient (Wildman–Crippen LogP) is 3.27. The molecule has 0 unspecified atom stereocenters. The highest BCUT2D eigenvalue weighted by Crippen LogP contribution is 2.20. The molecule has 0 aliphatic rings. The fourth-order valence-corrected chi connectivity index (χ4v) is 2.95. The molecule has 8 nitrogen and oxygen atoms in total. The Morgan fingerprint density at radius 2 is 1.58 bits per heavy atom. The number of carbonyl (C=O) groups is 3. The zero-order chi connectivity index (χ0) is 22.5. The lowest BCUT2D eigenvalue weighted by atomic mass is 10.1. The molecule has 1 atom stereocenters. The molecule has 1 heterocycles. The van der Waals surface area contributed by atoms with Gasteiger partial charge in [0.15, 0.2) is 5.78 Å². The van der Waals surface area contributed by atoms with Crippen LogP contribution in [0, 0.1) is 0 Å². The van der Waals surface area contributed by atoms with E-state index in [-0.39, 0.29) is 11.5 Å². The predicted molar refractivity (Wildman–Crippen MR) is 118 cm³/mol. The number of ketones is 1. The Balaban J connectivity index is 1.95. The topological polar surface area (TPSA) is 110 Å². The Labute approximate surface area is 178 Å². The Bertz CT molecular complexity index is 1180. The third-order valence-electron chi connectivity index (χ3n) is 4.62. The van der Waals surface area contributed by atoms with Crippen molar-refractivity contribution >= 4 is 29.0 Å². The first-order chi connectivity index (χ1) is 14.8. The van der Waals surface area contributed by atoms with Gasteiger partial charge in [-0.1, -0.05) is 30.3 Å². The van der Waals surface area contributed by atoms with E-state index in [1.165, 1.54) is 19.9 Å². The van der Waals surface area contributed by atoms with Crippen molar-refractivity contribution in [3.05, 3.63) is 76.6 Å². The number of rotatable bonds is 6. The lowest BCUT2D eigenvalue weighted by Crippen LogP contribution is -2.35. The highest BCUT2D eigenvalue weighted by molar-refractivity contribution is 5.96. The molecule has 3 rings (SSSR count). The molecule has 0 radical (unpaired) electrons. The van der Waals surface area contributed by atoms with Gasteiger partial charge in [0.2, 0.25) is 11.8 Å². The number of hydrogen-bond acceptors (Lipinski definition) is 5. The number of nitrogens with zero attached hydrogens (tertiary/aromatic N) is 2. The molecular weight excluding hydrogens is 396 g/mol. The quantitative estimate of drug-likeness (QED) is 0.597. The molecule has 3 aromatic rings. The van der Waals surface area contributed by atoms with Crippen LogP contribution in [0.5, 0.6) is 0 Å². The van der Waals surface area contributed by atoms with Crippen molar-refractivity contribution in [3.63, 3.8) is 0 Å². The third kappa shape index (κ3) is 5.11. The summed E-state index contributed by atoms with van der Waals surface area (Å²) >= 11 is 0. The Kier molecular flexibility index (Phi) is 6.40. The molecule has 2 N–H and O–H groups in total. The summed E-state index contributed by atoms with van der Waals surface area (Å²) in [4.78, 5) is 48.6. The Morgan fingerprint density at radius 1 is 0.935 bits per heavy atom. The fraction of sp³-hybridized carbons (Fsp3) is 0.174. The third-order valence-corrected chi connectivity index (χ3v) is 4.62. The number of amides is 2. The highest BCUT2D eigenvalue weighted by Gasteiger charge is 2.21. The standard InChI is InChI=1S/C23H22N4O4/c1-14(22(30)25-19-11-9-17(10-12-19)15(2)28)27-23(31)21(24-16(3)29)13-20(26-27)18-7-5-4-6-8-18/h4-14H,1-3H3,(H,24,29)(H,25,30)/t14-/m0/s1. The molecule has 2 amide bonds. The summed E-state index contributed by atoms with van der Waals surface area (Å²) in [7, 11) is 0. The van der Waals surface area contributed by atoms with Gasteiger partial charge in [-0.05, 0) is 44.2 Å². The Morgan fingerprint density at radius 3 is 2.16 bits per heavy atom. The van der Waals surface area contributed by atoms with Gasteiger partial charge in [0.1, 0.15) is 11.7 Å². The van der Waals surface area contributed by atoms with Crippen molar-refractivity contribution in [2.24, 2.45) is 0 Å². The summed E-state index contributed by atoms with van der Waals surface area (Å²) in [5.74, 6) is -0.953. The average molecular weight is 418 g/mol. The molecule has 0 saturated carbocycles. The number of aromatic nitrogens is 2. The summed E-state index contributed by atoms with van der Waals surface area (Å²) in [6, 6.07) is 16.1. The second-order valence-corrected chi connectivity index (χ2v) is 7.04. The first kappa shape index (κ1) is 21.6. The number of Topliss-reactive ketones (excluding diaryl/α,β-unsaturated/α-hetero) is 1. The van der Waals surface area contributed by atoms with E-state index in [4.69, 9.17) is 0 Å². The second kappa shape index (κ2) is 9.17. The maximum Gasteiger partial charge on any atom is 0.291 e. The molecule has 1 aromatic heterocycles. The van der Waals surface area contributed by atoms with Crippen LogP contribution in [-0.4, -0.2) is 27.4 Å². The summed E-state index contributed by atoms with van der Waals surface area (Å²) in [5, 5.41) is 9.58. The summed E-state index contributed by atoms with van der Waals surface area (Å²) in [5.41, 5.74) is 1.62. The zero-order valence-corrected chi connectivity index (χ0v) is 17.4. The Hall–Kier alpha value is -4.07.